The van der Waals surface area contributed by atoms with Gasteiger partial charge in [-0.05, 0) is 36.2 Å². The molecule has 0 saturated carbocycles. The lowest BCUT2D eigenvalue weighted by Crippen LogP contribution is -2.13. The zero-order valence-electron chi connectivity index (χ0n) is 12.5. The highest BCUT2D eigenvalue weighted by Crippen LogP contribution is 2.09. The third-order valence-corrected chi connectivity index (χ3v) is 2.99. The normalized spacial score (nSPS) is 10.9. The molecule has 0 unspecified atom stereocenters. The number of pyridine rings is 1. The summed E-state index contributed by atoms with van der Waals surface area (Å²) in [4.78, 5) is 4.23. The second-order valence-corrected chi connectivity index (χ2v) is 4.80. The Labute approximate surface area is 126 Å². The summed E-state index contributed by atoms with van der Waals surface area (Å²) in [6, 6.07) is 14.2. The lowest BCUT2D eigenvalue weighted by Gasteiger charge is -2.06. The summed E-state index contributed by atoms with van der Waals surface area (Å²) in [5.41, 5.74) is 2.37. The van der Waals surface area contributed by atoms with Crippen LogP contribution in [0.5, 0.6) is 5.88 Å². The maximum absolute atomic E-state index is 5.65. The maximum atomic E-state index is 5.65. The van der Waals surface area contributed by atoms with Crippen molar-refractivity contribution in [1.29, 1.82) is 0 Å². The van der Waals surface area contributed by atoms with Gasteiger partial charge in [-0.15, -0.1) is 0 Å². The Morgan fingerprint density at radius 3 is 2.86 bits per heavy atom. The number of hydrogen-bond donors (Lipinski definition) is 1. The van der Waals surface area contributed by atoms with Gasteiger partial charge in [0.15, 0.2) is 0 Å². The molecule has 0 saturated heterocycles. The molecule has 0 bridgehead atoms. The van der Waals surface area contributed by atoms with Crippen LogP contribution in [0.25, 0.3) is 6.08 Å². The van der Waals surface area contributed by atoms with Gasteiger partial charge < -0.3 is 10.1 Å². The third-order valence-electron chi connectivity index (χ3n) is 2.99. The first-order valence-electron chi connectivity index (χ1n) is 7.38. The van der Waals surface area contributed by atoms with Gasteiger partial charge in [-0.1, -0.05) is 43.3 Å². The summed E-state index contributed by atoms with van der Waals surface area (Å²) in [6.07, 6.45) is 6.98. The zero-order valence-corrected chi connectivity index (χ0v) is 12.5. The van der Waals surface area contributed by atoms with Gasteiger partial charge in [-0.3, -0.25) is 0 Å². The molecule has 1 N–H and O–H groups in total. The van der Waals surface area contributed by atoms with Crippen LogP contribution in [0, 0.1) is 0 Å². The minimum atomic E-state index is 0.522. The predicted molar refractivity (Wildman–Crippen MR) is 87.2 cm³/mol. The number of nitrogens with one attached hydrogen (secondary N) is 1. The monoisotopic (exact) mass is 282 g/mol. The molecule has 0 spiro atoms. The molecule has 1 heterocycles. The van der Waals surface area contributed by atoms with E-state index < -0.39 is 0 Å². The van der Waals surface area contributed by atoms with Crippen LogP contribution in [0.15, 0.2) is 54.7 Å². The molecule has 2 aromatic rings. The van der Waals surface area contributed by atoms with Crippen molar-refractivity contribution in [2.75, 3.05) is 13.2 Å². The van der Waals surface area contributed by atoms with Crippen LogP contribution in [0.1, 0.15) is 24.5 Å². The molecule has 0 amide bonds. The lowest BCUT2D eigenvalue weighted by molar-refractivity contribution is 0.348. The van der Waals surface area contributed by atoms with Crippen molar-refractivity contribution in [3.8, 4) is 5.88 Å². The van der Waals surface area contributed by atoms with Gasteiger partial charge in [0.25, 0.3) is 0 Å². The van der Waals surface area contributed by atoms with Gasteiger partial charge in [0.1, 0.15) is 6.61 Å². The van der Waals surface area contributed by atoms with Gasteiger partial charge >= 0.3 is 0 Å². The predicted octanol–water partition coefficient (Wildman–Crippen LogP) is 3.67. The number of benzene rings is 1. The Morgan fingerprint density at radius 1 is 1.19 bits per heavy atom. The van der Waals surface area contributed by atoms with Crippen LogP contribution in [0.3, 0.4) is 0 Å². The Bertz CT molecular complexity index is 552. The minimum Gasteiger partial charge on any atom is -0.473 e. The minimum absolute atomic E-state index is 0.522. The summed E-state index contributed by atoms with van der Waals surface area (Å²) < 4.78 is 5.65. The van der Waals surface area contributed by atoms with Crippen LogP contribution in [0.2, 0.25) is 0 Å². The SMILES string of the molecule is CCCNCc1ccnc(OCC=Cc2ccccc2)c1. The van der Waals surface area contributed by atoms with Gasteiger partial charge in [0, 0.05) is 18.8 Å². The molecule has 21 heavy (non-hydrogen) atoms. The number of ether oxygens (including phenoxy) is 1. The van der Waals surface area contributed by atoms with Crippen molar-refractivity contribution in [1.82, 2.24) is 10.3 Å². The number of nitrogens with zero attached hydrogens (tertiary/aromatic N) is 1. The second kappa shape index (κ2) is 8.93. The Kier molecular flexibility index (Phi) is 6.49. The topological polar surface area (TPSA) is 34.2 Å². The van der Waals surface area contributed by atoms with E-state index in [1.165, 1.54) is 11.1 Å². The fraction of sp³-hybridized carbons (Fsp3) is 0.278. The van der Waals surface area contributed by atoms with Crippen LogP contribution < -0.4 is 10.1 Å². The molecular weight excluding hydrogens is 260 g/mol. The van der Waals surface area contributed by atoms with Gasteiger partial charge in [0.05, 0.1) is 0 Å². The van der Waals surface area contributed by atoms with Crippen LogP contribution in [0.4, 0.5) is 0 Å². The summed E-state index contributed by atoms with van der Waals surface area (Å²) >= 11 is 0. The fourth-order valence-electron chi connectivity index (χ4n) is 1.93. The van der Waals surface area contributed by atoms with E-state index in [-0.39, 0.29) is 0 Å². The molecule has 0 radical (unpaired) electrons. The van der Waals surface area contributed by atoms with Crippen LogP contribution in [-0.4, -0.2) is 18.1 Å². The summed E-state index contributed by atoms with van der Waals surface area (Å²) in [5, 5.41) is 3.37. The fourth-order valence-corrected chi connectivity index (χ4v) is 1.93. The molecule has 1 aromatic heterocycles. The molecule has 3 heteroatoms. The lowest BCUT2D eigenvalue weighted by atomic mass is 10.2. The Balaban J connectivity index is 1.80. The summed E-state index contributed by atoms with van der Waals surface area (Å²) in [5.74, 6) is 0.670. The van der Waals surface area contributed by atoms with E-state index in [1.54, 1.807) is 6.20 Å². The van der Waals surface area contributed by atoms with E-state index in [1.807, 2.05) is 42.5 Å². The molecule has 0 aliphatic heterocycles. The molecule has 0 aliphatic rings. The smallest absolute Gasteiger partial charge is 0.213 e. The first kappa shape index (κ1) is 15.3. The van der Waals surface area contributed by atoms with Gasteiger partial charge in [0.2, 0.25) is 5.88 Å². The van der Waals surface area contributed by atoms with Crippen LogP contribution in [-0.2, 0) is 6.54 Å². The molecular formula is C18H22N2O. The Hall–Kier alpha value is -2.13. The van der Waals surface area contributed by atoms with E-state index in [0.29, 0.717) is 12.5 Å². The highest BCUT2D eigenvalue weighted by molar-refractivity contribution is 5.48. The Morgan fingerprint density at radius 2 is 2.05 bits per heavy atom. The first-order chi connectivity index (χ1) is 10.4. The van der Waals surface area contributed by atoms with E-state index in [9.17, 15) is 0 Å². The van der Waals surface area contributed by atoms with E-state index >= 15 is 0 Å². The third kappa shape index (κ3) is 5.79. The van der Waals surface area contributed by atoms with E-state index in [2.05, 4.69) is 29.4 Å². The molecule has 0 fully saturated rings. The first-order valence-corrected chi connectivity index (χ1v) is 7.38. The molecule has 1 aromatic carbocycles. The van der Waals surface area contributed by atoms with Gasteiger partial charge in [-0.2, -0.15) is 0 Å². The molecule has 0 atom stereocenters. The molecule has 3 nitrogen and oxygen atoms in total. The maximum Gasteiger partial charge on any atom is 0.213 e. The van der Waals surface area contributed by atoms with Gasteiger partial charge in [-0.25, -0.2) is 4.98 Å². The van der Waals surface area contributed by atoms with Crippen molar-refractivity contribution >= 4 is 6.08 Å². The summed E-state index contributed by atoms with van der Waals surface area (Å²) in [6.45, 7) is 4.56. The second-order valence-electron chi connectivity index (χ2n) is 4.80. The van der Waals surface area contributed by atoms with Crippen molar-refractivity contribution in [2.45, 2.75) is 19.9 Å². The van der Waals surface area contributed by atoms with Crippen LogP contribution >= 0.6 is 0 Å². The average Bonchev–Trinajstić information content (AvgIpc) is 2.53. The number of aromatic nitrogens is 1. The molecule has 0 aliphatic carbocycles. The zero-order chi connectivity index (χ0) is 14.8. The summed E-state index contributed by atoms with van der Waals surface area (Å²) in [7, 11) is 0. The van der Waals surface area contributed by atoms with Crippen molar-refractivity contribution in [3.05, 3.63) is 65.9 Å². The average molecular weight is 282 g/mol. The molecule has 2 rings (SSSR count). The highest BCUT2D eigenvalue weighted by atomic mass is 16.5. The van der Waals surface area contributed by atoms with Crippen molar-refractivity contribution in [2.24, 2.45) is 0 Å². The van der Waals surface area contributed by atoms with Crippen molar-refractivity contribution in [3.63, 3.8) is 0 Å². The van der Waals surface area contributed by atoms with E-state index in [0.717, 1.165) is 19.5 Å². The number of rotatable bonds is 8. The van der Waals surface area contributed by atoms with Crippen molar-refractivity contribution < 1.29 is 4.74 Å². The van der Waals surface area contributed by atoms with E-state index in [4.69, 9.17) is 4.74 Å². The highest BCUT2D eigenvalue weighted by Gasteiger charge is 1.97. The number of hydrogen-bond acceptors (Lipinski definition) is 3. The largest absolute Gasteiger partial charge is 0.473 e. The quantitative estimate of drug-likeness (QED) is 0.750. The molecule has 110 valence electrons. The standard InChI is InChI=1S/C18H22N2O/c1-2-11-19-15-17-10-12-20-18(14-17)21-13-6-9-16-7-4-3-5-8-16/h3-10,12,14,19H,2,11,13,15H2,1H3.